The molecule has 2 amide bonds. The van der Waals surface area contributed by atoms with Crippen molar-refractivity contribution in [3.63, 3.8) is 0 Å². The van der Waals surface area contributed by atoms with Gasteiger partial charge >= 0.3 is 0 Å². The molecule has 0 bridgehead atoms. The summed E-state index contributed by atoms with van der Waals surface area (Å²) < 4.78 is 0.845. The average molecular weight is 472 g/mol. The topological polar surface area (TPSA) is 61.4 Å². The first-order chi connectivity index (χ1) is 14.5. The number of nitrogens with zero attached hydrogens (tertiary/aromatic N) is 1. The maximum absolute atomic E-state index is 12.5. The van der Waals surface area contributed by atoms with E-state index in [2.05, 4.69) is 38.4 Å². The minimum atomic E-state index is -0.208. The second kappa shape index (κ2) is 11.3. The quantitative estimate of drug-likeness (QED) is 0.527. The van der Waals surface area contributed by atoms with Gasteiger partial charge in [-0.3, -0.25) is 9.59 Å². The summed E-state index contributed by atoms with van der Waals surface area (Å²) in [7, 11) is 0. The molecule has 1 atom stereocenters. The Morgan fingerprint density at radius 2 is 1.80 bits per heavy atom. The highest BCUT2D eigenvalue weighted by molar-refractivity contribution is 9.10. The monoisotopic (exact) mass is 471 g/mol. The van der Waals surface area contributed by atoms with Crippen LogP contribution in [0.15, 0.2) is 53.0 Å². The van der Waals surface area contributed by atoms with Crippen molar-refractivity contribution in [2.24, 2.45) is 0 Å². The predicted octanol–water partition coefficient (Wildman–Crippen LogP) is 5.09. The first-order valence-electron chi connectivity index (χ1n) is 10.7. The van der Waals surface area contributed by atoms with Gasteiger partial charge in [-0.25, -0.2) is 0 Å². The minimum absolute atomic E-state index is 0.111. The molecule has 3 rings (SSSR count). The summed E-state index contributed by atoms with van der Waals surface area (Å²) in [6.45, 7) is 5.28. The highest BCUT2D eigenvalue weighted by Crippen LogP contribution is 2.17. The van der Waals surface area contributed by atoms with Crippen LogP contribution in [0.25, 0.3) is 0 Å². The fourth-order valence-corrected chi connectivity index (χ4v) is 4.20. The number of unbranched alkanes of at least 4 members (excludes halogenated alkanes) is 1. The highest BCUT2D eigenvalue weighted by atomic mass is 79.9. The van der Waals surface area contributed by atoms with Crippen LogP contribution in [0.5, 0.6) is 0 Å². The third-order valence-electron chi connectivity index (χ3n) is 5.57. The first-order valence-corrected chi connectivity index (χ1v) is 11.5. The van der Waals surface area contributed by atoms with Gasteiger partial charge in [0.2, 0.25) is 0 Å². The summed E-state index contributed by atoms with van der Waals surface area (Å²) in [4.78, 5) is 27.4. The number of hydrogen-bond donors (Lipinski definition) is 2. The Hall–Kier alpha value is -2.18. The Morgan fingerprint density at radius 1 is 1.03 bits per heavy atom. The summed E-state index contributed by atoms with van der Waals surface area (Å²) in [5.74, 6) is -0.319. The van der Waals surface area contributed by atoms with E-state index in [4.69, 9.17) is 0 Å². The molecule has 1 saturated heterocycles. The Labute approximate surface area is 187 Å². The standard InChI is InChI=1S/C24H30BrN3O2/c1-18-8-2-4-14-28(18)15-5-3-13-26-23(29)20-10-7-12-22(17-20)27-24(30)19-9-6-11-21(25)16-19/h6-7,9-12,16-18H,2-5,8,13-15H2,1H3,(H,26,29)(H,27,30). The van der Waals surface area contributed by atoms with Crippen LogP contribution < -0.4 is 10.6 Å². The van der Waals surface area contributed by atoms with Crippen LogP contribution in [0, 0.1) is 0 Å². The Bertz CT molecular complexity index is 871. The van der Waals surface area contributed by atoms with Gasteiger partial charge in [-0.15, -0.1) is 0 Å². The van der Waals surface area contributed by atoms with Crippen molar-refractivity contribution in [2.75, 3.05) is 25.0 Å². The van der Waals surface area contributed by atoms with Gasteiger partial charge in [0.25, 0.3) is 11.8 Å². The van der Waals surface area contributed by atoms with Crippen molar-refractivity contribution in [3.05, 3.63) is 64.1 Å². The number of amides is 2. The number of carbonyl (C=O) groups excluding carboxylic acids is 2. The van der Waals surface area contributed by atoms with E-state index in [1.54, 1.807) is 36.4 Å². The van der Waals surface area contributed by atoms with E-state index in [0.717, 1.165) is 23.9 Å². The van der Waals surface area contributed by atoms with Crippen molar-refractivity contribution >= 4 is 33.4 Å². The van der Waals surface area contributed by atoms with Crippen LogP contribution in [-0.2, 0) is 0 Å². The number of hydrogen-bond acceptors (Lipinski definition) is 3. The normalized spacial score (nSPS) is 16.8. The smallest absolute Gasteiger partial charge is 0.255 e. The molecule has 1 heterocycles. The molecular weight excluding hydrogens is 442 g/mol. The fourth-order valence-electron chi connectivity index (χ4n) is 3.80. The Morgan fingerprint density at radius 3 is 2.57 bits per heavy atom. The van der Waals surface area contributed by atoms with Crippen LogP contribution in [0.3, 0.4) is 0 Å². The largest absolute Gasteiger partial charge is 0.352 e. The van der Waals surface area contributed by atoms with Crippen molar-refractivity contribution in [3.8, 4) is 0 Å². The molecule has 0 aromatic heterocycles. The van der Waals surface area contributed by atoms with E-state index in [9.17, 15) is 9.59 Å². The van der Waals surface area contributed by atoms with Crippen LogP contribution in [0.4, 0.5) is 5.69 Å². The molecule has 1 unspecified atom stereocenters. The van der Waals surface area contributed by atoms with Crippen LogP contribution in [0.1, 0.15) is 59.7 Å². The minimum Gasteiger partial charge on any atom is -0.352 e. The van der Waals surface area contributed by atoms with E-state index in [0.29, 0.717) is 29.4 Å². The molecule has 2 N–H and O–H groups in total. The van der Waals surface area contributed by atoms with E-state index in [1.807, 2.05) is 12.1 Å². The van der Waals surface area contributed by atoms with Crippen molar-refractivity contribution in [2.45, 2.75) is 45.1 Å². The molecule has 160 valence electrons. The second-order valence-corrected chi connectivity index (χ2v) is 8.80. The lowest BCUT2D eigenvalue weighted by molar-refractivity contribution is 0.0950. The molecule has 0 aliphatic carbocycles. The summed E-state index contributed by atoms with van der Waals surface area (Å²) in [5.41, 5.74) is 1.71. The molecule has 30 heavy (non-hydrogen) atoms. The number of piperidine rings is 1. The maximum Gasteiger partial charge on any atom is 0.255 e. The molecule has 0 saturated carbocycles. The van der Waals surface area contributed by atoms with Gasteiger partial charge in [-0.05, 0) is 82.1 Å². The van der Waals surface area contributed by atoms with Crippen LogP contribution in [0.2, 0.25) is 0 Å². The van der Waals surface area contributed by atoms with Gasteiger partial charge in [-0.2, -0.15) is 0 Å². The number of rotatable bonds is 8. The van der Waals surface area contributed by atoms with Crippen molar-refractivity contribution in [1.29, 1.82) is 0 Å². The zero-order chi connectivity index (χ0) is 21.3. The predicted molar refractivity (Wildman–Crippen MR) is 125 cm³/mol. The number of carbonyl (C=O) groups is 2. The lowest BCUT2D eigenvalue weighted by Gasteiger charge is -2.33. The first kappa shape index (κ1) is 22.5. The number of benzene rings is 2. The van der Waals surface area contributed by atoms with Crippen molar-refractivity contribution in [1.82, 2.24) is 10.2 Å². The molecule has 2 aromatic rings. The third-order valence-corrected chi connectivity index (χ3v) is 6.06. The van der Waals surface area contributed by atoms with E-state index in [1.165, 1.54) is 25.8 Å². The lowest BCUT2D eigenvalue weighted by atomic mass is 10.0. The van der Waals surface area contributed by atoms with Gasteiger partial charge in [0, 0.05) is 33.9 Å². The van der Waals surface area contributed by atoms with E-state index < -0.39 is 0 Å². The Balaban J connectivity index is 1.44. The van der Waals surface area contributed by atoms with Gasteiger partial charge < -0.3 is 15.5 Å². The van der Waals surface area contributed by atoms with Gasteiger partial charge in [0.05, 0.1) is 0 Å². The van der Waals surface area contributed by atoms with E-state index in [-0.39, 0.29) is 11.8 Å². The SMILES string of the molecule is CC1CCCCN1CCCCNC(=O)c1cccc(NC(=O)c2cccc(Br)c2)c1. The number of halogens is 1. The van der Waals surface area contributed by atoms with Gasteiger partial charge in [0.15, 0.2) is 0 Å². The van der Waals surface area contributed by atoms with Crippen LogP contribution >= 0.6 is 15.9 Å². The van der Waals surface area contributed by atoms with Crippen molar-refractivity contribution < 1.29 is 9.59 Å². The maximum atomic E-state index is 12.5. The summed E-state index contributed by atoms with van der Waals surface area (Å²) >= 11 is 3.37. The molecule has 2 aromatic carbocycles. The molecule has 1 aliphatic heterocycles. The summed E-state index contributed by atoms with van der Waals surface area (Å²) in [6.07, 6.45) is 6.00. The summed E-state index contributed by atoms with van der Waals surface area (Å²) in [5, 5.41) is 5.84. The number of likely N-dealkylation sites (tertiary alicyclic amines) is 1. The number of nitrogens with one attached hydrogen (secondary N) is 2. The zero-order valence-electron chi connectivity index (χ0n) is 17.5. The molecule has 0 spiro atoms. The highest BCUT2D eigenvalue weighted by Gasteiger charge is 2.17. The van der Waals surface area contributed by atoms with Gasteiger partial charge in [-0.1, -0.05) is 34.5 Å². The average Bonchev–Trinajstić information content (AvgIpc) is 2.75. The molecular formula is C24H30BrN3O2. The van der Waals surface area contributed by atoms with Crippen LogP contribution in [-0.4, -0.2) is 42.4 Å². The molecule has 0 radical (unpaired) electrons. The number of anilines is 1. The molecule has 1 aliphatic rings. The fraction of sp³-hybridized carbons (Fsp3) is 0.417. The molecule has 5 nitrogen and oxygen atoms in total. The lowest BCUT2D eigenvalue weighted by Crippen LogP contribution is -2.38. The molecule has 1 fully saturated rings. The van der Waals surface area contributed by atoms with E-state index >= 15 is 0 Å². The third kappa shape index (κ3) is 6.67. The zero-order valence-corrected chi connectivity index (χ0v) is 19.1. The summed E-state index contributed by atoms with van der Waals surface area (Å²) in [6, 6.07) is 14.9. The van der Waals surface area contributed by atoms with Gasteiger partial charge in [0.1, 0.15) is 0 Å². The second-order valence-electron chi connectivity index (χ2n) is 7.89. The Kier molecular flexibility index (Phi) is 8.46. The molecule has 6 heteroatoms.